The maximum Gasteiger partial charge on any atom is 0.322 e. The number of carbonyl (C=O) groups excluding carboxylic acids is 1. The monoisotopic (exact) mass is 423 g/mol. The molecular formula is C20H14ClN5O4. The Hall–Kier alpha value is -3.98. The van der Waals surface area contributed by atoms with E-state index in [1.165, 1.54) is 18.5 Å². The zero-order valence-electron chi connectivity index (χ0n) is 15.3. The number of halogens is 1. The SMILES string of the molecule is O=C(O)Cc1ccc(Oc2ncc(NC(=O)c3nc4ccccc4[nH]3)cn2)c(Cl)c1. The van der Waals surface area contributed by atoms with Gasteiger partial charge in [0.1, 0.15) is 5.75 Å². The Morgan fingerprint density at radius 3 is 2.60 bits per heavy atom. The summed E-state index contributed by atoms with van der Waals surface area (Å²) in [6, 6.07) is 12.0. The first-order valence-corrected chi connectivity index (χ1v) is 9.12. The van der Waals surface area contributed by atoms with Crippen LogP contribution in [0.15, 0.2) is 54.9 Å². The molecule has 0 fully saturated rings. The summed E-state index contributed by atoms with van der Waals surface area (Å²) in [5, 5.41) is 11.7. The molecule has 0 aliphatic heterocycles. The summed E-state index contributed by atoms with van der Waals surface area (Å²) >= 11 is 6.12. The molecular weight excluding hydrogens is 410 g/mol. The van der Waals surface area contributed by atoms with Gasteiger partial charge in [-0.1, -0.05) is 29.8 Å². The van der Waals surface area contributed by atoms with Gasteiger partial charge in [0, 0.05) is 0 Å². The van der Waals surface area contributed by atoms with Crippen LogP contribution in [0.3, 0.4) is 0 Å². The molecule has 2 aromatic heterocycles. The fourth-order valence-electron chi connectivity index (χ4n) is 2.69. The summed E-state index contributed by atoms with van der Waals surface area (Å²) in [5.74, 6) is -0.932. The predicted molar refractivity (Wildman–Crippen MR) is 109 cm³/mol. The molecule has 4 aromatic rings. The van der Waals surface area contributed by atoms with Crippen molar-refractivity contribution in [2.75, 3.05) is 5.32 Å². The molecule has 0 radical (unpaired) electrons. The number of aromatic nitrogens is 4. The molecule has 0 spiro atoms. The van der Waals surface area contributed by atoms with Crippen LogP contribution in [0.5, 0.6) is 11.8 Å². The molecule has 0 saturated heterocycles. The Morgan fingerprint density at radius 2 is 1.90 bits per heavy atom. The van der Waals surface area contributed by atoms with Gasteiger partial charge in [-0.3, -0.25) is 9.59 Å². The minimum absolute atomic E-state index is 0.0182. The Kier molecular flexibility index (Phi) is 5.27. The number of rotatable bonds is 6. The van der Waals surface area contributed by atoms with Crippen molar-refractivity contribution in [1.29, 1.82) is 0 Å². The molecule has 150 valence electrons. The van der Waals surface area contributed by atoms with Crippen molar-refractivity contribution in [1.82, 2.24) is 19.9 Å². The smallest absolute Gasteiger partial charge is 0.322 e. The van der Waals surface area contributed by atoms with E-state index in [1.54, 1.807) is 18.2 Å². The molecule has 4 rings (SSSR count). The van der Waals surface area contributed by atoms with Gasteiger partial charge in [-0.2, -0.15) is 0 Å². The molecule has 0 aliphatic carbocycles. The Bertz CT molecular complexity index is 1210. The second-order valence-electron chi connectivity index (χ2n) is 6.25. The summed E-state index contributed by atoms with van der Waals surface area (Å²) in [5.41, 5.74) is 2.35. The highest BCUT2D eigenvalue weighted by Crippen LogP contribution is 2.29. The number of carboxylic acids is 1. The van der Waals surface area contributed by atoms with Crippen molar-refractivity contribution in [3.63, 3.8) is 0 Å². The minimum Gasteiger partial charge on any atom is -0.481 e. The summed E-state index contributed by atoms with van der Waals surface area (Å²) < 4.78 is 5.52. The van der Waals surface area contributed by atoms with Crippen molar-refractivity contribution < 1.29 is 19.4 Å². The maximum absolute atomic E-state index is 12.4. The van der Waals surface area contributed by atoms with Crippen LogP contribution in [0.1, 0.15) is 16.2 Å². The number of imidazole rings is 1. The first kappa shape index (κ1) is 19.3. The Morgan fingerprint density at radius 1 is 1.13 bits per heavy atom. The number of anilines is 1. The number of hydrogen-bond donors (Lipinski definition) is 3. The number of fused-ring (bicyclic) bond motifs is 1. The van der Waals surface area contributed by atoms with Gasteiger partial charge >= 0.3 is 12.0 Å². The molecule has 0 aliphatic rings. The first-order valence-electron chi connectivity index (χ1n) is 8.74. The average molecular weight is 424 g/mol. The second-order valence-corrected chi connectivity index (χ2v) is 6.66. The summed E-state index contributed by atoms with van der Waals surface area (Å²) in [4.78, 5) is 38.4. The van der Waals surface area contributed by atoms with Gasteiger partial charge in [0.25, 0.3) is 5.91 Å². The van der Waals surface area contributed by atoms with E-state index in [0.717, 1.165) is 5.52 Å². The maximum atomic E-state index is 12.4. The quantitative estimate of drug-likeness (QED) is 0.431. The van der Waals surface area contributed by atoms with Crippen molar-refractivity contribution in [2.24, 2.45) is 0 Å². The Balaban J connectivity index is 1.42. The molecule has 0 saturated carbocycles. The van der Waals surface area contributed by atoms with Crippen molar-refractivity contribution >= 4 is 40.2 Å². The molecule has 2 heterocycles. The lowest BCUT2D eigenvalue weighted by Crippen LogP contribution is -2.14. The number of carboxylic acid groups (broad SMARTS) is 1. The first-order chi connectivity index (χ1) is 14.5. The third-order valence-electron chi connectivity index (χ3n) is 4.04. The fraction of sp³-hybridized carbons (Fsp3) is 0.0500. The van der Waals surface area contributed by atoms with E-state index in [0.29, 0.717) is 16.8 Å². The van der Waals surface area contributed by atoms with E-state index in [9.17, 15) is 9.59 Å². The lowest BCUT2D eigenvalue weighted by atomic mass is 10.1. The van der Waals surface area contributed by atoms with Crippen molar-refractivity contribution in [3.05, 3.63) is 71.3 Å². The van der Waals surface area contributed by atoms with Crippen LogP contribution in [0, 0.1) is 0 Å². The highest BCUT2D eigenvalue weighted by Gasteiger charge is 2.13. The number of para-hydroxylation sites is 2. The summed E-state index contributed by atoms with van der Waals surface area (Å²) in [6.45, 7) is 0. The van der Waals surface area contributed by atoms with Gasteiger partial charge in [-0.25, -0.2) is 15.0 Å². The number of H-pyrrole nitrogens is 1. The van der Waals surface area contributed by atoms with Gasteiger partial charge in [0.05, 0.1) is 40.6 Å². The number of carbonyl (C=O) groups is 2. The zero-order chi connectivity index (χ0) is 21.1. The van der Waals surface area contributed by atoms with Crippen LogP contribution in [-0.2, 0) is 11.2 Å². The van der Waals surface area contributed by atoms with E-state index in [2.05, 4.69) is 25.3 Å². The van der Waals surface area contributed by atoms with Crippen molar-refractivity contribution in [2.45, 2.75) is 6.42 Å². The standard InChI is InChI=1S/C20H14ClN5O4/c21-13-7-11(8-17(27)28)5-6-16(13)30-20-22-9-12(10-23-20)24-19(29)18-25-14-3-1-2-4-15(14)26-18/h1-7,9-10H,8H2,(H,24,29)(H,25,26)(H,27,28). The zero-order valence-corrected chi connectivity index (χ0v) is 16.1. The van der Waals surface area contributed by atoms with Crippen LogP contribution in [0.2, 0.25) is 5.02 Å². The predicted octanol–water partition coefficient (Wildman–Crippen LogP) is 3.68. The minimum atomic E-state index is -0.955. The third kappa shape index (κ3) is 4.36. The summed E-state index contributed by atoms with van der Waals surface area (Å²) in [7, 11) is 0. The van der Waals surface area contributed by atoms with E-state index >= 15 is 0 Å². The molecule has 0 bridgehead atoms. The number of benzene rings is 2. The number of nitrogens with one attached hydrogen (secondary N) is 2. The van der Waals surface area contributed by atoms with Gasteiger partial charge < -0.3 is 20.1 Å². The molecule has 3 N–H and O–H groups in total. The van der Waals surface area contributed by atoms with E-state index in [4.69, 9.17) is 21.4 Å². The average Bonchev–Trinajstić information content (AvgIpc) is 3.15. The summed E-state index contributed by atoms with van der Waals surface area (Å²) in [6.07, 6.45) is 2.63. The molecule has 0 atom stereocenters. The normalized spacial score (nSPS) is 10.7. The molecule has 2 aromatic carbocycles. The van der Waals surface area contributed by atoms with Crippen LogP contribution >= 0.6 is 11.6 Å². The molecule has 9 nitrogen and oxygen atoms in total. The van der Waals surface area contributed by atoms with Crippen LogP contribution < -0.4 is 10.1 Å². The third-order valence-corrected chi connectivity index (χ3v) is 4.34. The van der Waals surface area contributed by atoms with E-state index < -0.39 is 11.9 Å². The van der Waals surface area contributed by atoms with E-state index in [-0.39, 0.29) is 29.0 Å². The largest absolute Gasteiger partial charge is 0.481 e. The molecule has 30 heavy (non-hydrogen) atoms. The molecule has 10 heteroatoms. The van der Waals surface area contributed by atoms with Gasteiger partial charge in [-0.05, 0) is 29.8 Å². The lowest BCUT2D eigenvalue weighted by molar-refractivity contribution is -0.136. The van der Waals surface area contributed by atoms with Gasteiger partial charge in [0.2, 0.25) is 0 Å². The lowest BCUT2D eigenvalue weighted by Gasteiger charge is -2.08. The van der Waals surface area contributed by atoms with Crippen LogP contribution in [0.25, 0.3) is 11.0 Å². The number of aliphatic carboxylic acids is 1. The number of hydrogen-bond acceptors (Lipinski definition) is 6. The molecule has 1 amide bonds. The van der Waals surface area contributed by atoms with Gasteiger partial charge in [0.15, 0.2) is 5.82 Å². The fourth-order valence-corrected chi connectivity index (χ4v) is 2.94. The highest BCUT2D eigenvalue weighted by atomic mass is 35.5. The highest BCUT2D eigenvalue weighted by molar-refractivity contribution is 6.32. The van der Waals surface area contributed by atoms with Crippen molar-refractivity contribution in [3.8, 4) is 11.8 Å². The molecule has 0 unspecified atom stereocenters. The van der Waals surface area contributed by atoms with E-state index in [1.807, 2.05) is 18.2 Å². The Labute approximate surface area is 174 Å². The van der Waals surface area contributed by atoms with Gasteiger partial charge in [-0.15, -0.1) is 0 Å². The number of nitrogens with zero attached hydrogens (tertiary/aromatic N) is 3. The van der Waals surface area contributed by atoms with Crippen LogP contribution in [0.4, 0.5) is 5.69 Å². The van der Waals surface area contributed by atoms with Crippen LogP contribution in [-0.4, -0.2) is 36.9 Å². The number of ether oxygens (including phenoxy) is 1. The number of aromatic amines is 1. The topological polar surface area (TPSA) is 130 Å². The number of amides is 1. The second kappa shape index (κ2) is 8.18.